The number of alkyl halides is 3. The first-order valence-corrected chi connectivity index (χ1v) is 9.00. The maximum absolute atomic E-state index is 12.6. The lowest BCUT2D eigenvalue weighted by atomic mass is 10.0. The predicted octanol–water partition coefficient (Wildman–Crippen LogP) is 3.20. The van der Waals surface area contributed by atoms with Crippen LogP contribution in [0.3, 0.4) is 0 Å². The summed E-state index contributed by atoms with van der Waals surface area (Å²) in [7, 11) is -5.90. The molecule has 0 amide bonds. The molecule has 1 unspecified atom stereocenters. The van der Waals surface area contributed by atoms with Crippen LogP contribution in [-0.2, 0) is 21.3 Å². The van der Waals surface area contributed by atoms with E-state index in [0.29, 0.717) is 18.6 Å². The Kier molecular flexibility index (Phi) is 5.94. The molecule has 1 heterocycles. The molecule has 0 radical (unpaired) electrons. The van der Waals surface area contributed by atoms with Gasteiger partial charge in [-0.05, 0) is 30.9 Å². The van der Waals surface area contributed by atoms with Crippen molar-refractivity contribution in [2.75, 3.05) is 6.61 Å². The fourth-order valence-electron chi connectivity index (χ4n) is 2.34. The second-order valence-electron chi connectivity index (χ2n) is 5.36. The minimum absolute atomic E-state index is 0.0710. The third-order valence-corrected chi connectivity index (χ3v) is 4.55. The highest BCUT2D eigenvalue weighted by atomic mass is 32.2. The SMILES string of the molecule is CCc1cc(OC2CCCCO2)cc(OS(=O)(=O)C(F)(F)F)c1C=O. The molecule has 140 valence electrons. The van der Waals surface area contributed by atoms with Gasteiger partial charge >= 0.3 is 15.6 Å². The van der Waals surface area contributed by atoms with E-state index in [1.807, 2.05) is 0 Å². The zero-order chi connectivity index (χ0) is 18.7. The fourth-order valence-corrected chi connectivity index (χ4v) is 2.81. The largest absolute Gasteiger partial charge is 0.534 e. The van der Waals surface area contributed by atoms with Crippen molar-refractivity contribution in [3.8, 4) is 11.5 Å². The summed E-state index contributed by atoms with van der Waals surface area (Å²) in [5.74, 6) is -0.654. The summed E-state index contributed by atoms with van der Waals surface area (Å²) in [5, 5.41) is 0. The van der Waals surface area contributed by atoms with Crippen LogP contribution in [-0.4, -0.2) is 33.1 Å². The molecule has 2 rings (SSSR count). The first-order valence-electron chi connectivity index (χ1n) is 7.59. The number of halogens is 3. The highest BCUT2D eigenvalue weighted by Gasteiger charge is 2.49. The zero-order valence-corrected chi connectivity index (χ0v) is 14.2. The van der Waals surface area contributed by atoms with Crippen LogP contribution in [0.4, 0.5) is 13.2 Å². The van der Waals surface area contributed by atoms with Crippen molar-refractivity contribution in [1.82, 2.24) is 0 Å². The van der Waals surface area contributed by atoms with Gasteiger partial charge in [0, 0.05) is 12.5 Å². The molecule has 0 aliphatic carbocycles. The molecule has 1 aliphatic heterocycles. The molecule has 1 aliphatic rings. The van der Waals surface area contributed by atoms with Crippen molar-refractivity contribution in [1.29, 1.82) is 0 Å². The van der Waals surface area contributed by atoms with E-state index in [9.17, 15) is 26.4 Å². The lowest BCUT2D eigenvalue weighted by Gasteiger charge is -2.24. The molecule has 25 heavy (non-hydrogen) atoms. The summed E-state index contributed by atoms with van der Waals surface area (Å²) in [4.78, 5) is 11.2. The molecule has 1 aromatic carbocycles. The maximum atomic E-state index is 12.6. The van der Waals surface area contributed by atoms with E-state index in [2.05, 4.69) is 4.18 Å². The second kappa shape index (κ2) is 7.61. The molecular formula is C15H17F3O6S. The van der Waals surface area contributed by atoms with Gasteiger partial charge in [-0.15, -0.1) is 0 Å². The van der Waals surface area contributed by atoms with E-state index >= 15 is 0 Å². The van der Waals surface area contributed by atoms with Gasteiger partial charge in [-0.3, -0.25) is 4.79 Å². The number of aldehydes is 1. The fraction of sp³-hybridized carbons (Fsp3) is 0.533. The molecule has 1 saturated heterocycles. The average molecular weight is 382 g/mol. The summed E-state index contributed by atoms with van der Waals surface area (Å²) < 4.78 is 75.3. The van der Waals surface area contributed by atoms with Crippen molar-refractivity contribution in [3.63, 3.8) is 0 Å². The normalized spacial score (nSPS) is 18.6. The Morgan fingerprint density at radius 1 is 1.32 bits per heavy atom. The number of rotatable bonds is 6. The number of aryl methyl sites for hydroxylation is 1. The van der Waals surface area contributed by atoms with Crippen molar-refractivity contribution in [2.24, 2.45) is 0 Å². The molecule has 0 bridgehead atoms. The number of hydrogen-bond donors (Lipinski definition) is 0. The summed E-state index contributed by atoms with van der Waals surface area (Å²) in [5.41, 5.74) is -5.58. The van der Waals surface area contributed by atoms with Gasteiger partial charge < -0.3 is 13.7 Å². The molecule has 1 aromatic rings. The van der Waals surface area contributed by atoms with E-state index in [4.69, 9.17) is 9.47 Å². The van der Waals surface area contributed by atoms with Crippen molar-refractivity contribution in [3.05, 3.63) is 23.3 Å². The van der Waals surface area contributed by atoms with E-state index in [1.165, 1.54) is 6.07 Å². The van der Waals surface area contributed by atoms with Gasteiger partial charge in [0.05, 0.1) is 12.2 Å². The summed E-state index contributed by atoms with van der Waals surface area (Å²) in [6, 6.07) is 2.40. The molecule has 0 saturated carbocycles. The molecule has 1 atom stereocenters. The molecule has 10 heteroatoms. The number of ether oxygens (including phenoxy) is 2. The van der Waals surface area contributed by atoms with E-state index in [-0.39, 0.29) is 24.0 Å². The Morgan fingerprint density at radius 3 is 2.56 bits per heavy atom. The van der Waals surface area contributed by atoms with Crippen LogP contribution in [0, 0.1) is 0 Å². The van der Waals surface area contributed by atoms with E-state index < -0.39 is 27.7 Å². The second-order valence-corrected chi connectivity index (χ2v) is 6.90. The van der Waals surface area contributed by atoms with Gasteiger partial charge in [0.15, 0.2) is 18.3 Å². The lowest BCUT2D eigenvalue weighted by molar-refractivity contribution is -0.105. The average Bonchev–Trinajstić information content (AvgIpc) is 2.54. The highest BCUT2D eigenvalue weighted by Crippen LogP contribution is 2.34. The number of benzene rings is 1. The summed E-state index contributed by atoms with van der Waals surface area (Å²) in [6.07, 6.45) is 2.26. The Labute approximate surface area is 143 Å². The van der Waals surface area contributed by atoms with Crippen LogP contribution in [0.2, 0.25) is 0 Å². The summed E-state index contributed by atoms with van der Waals surface area (Å²) >= 11 is 0. The minimum atomic E-state index is -5.90. The predicted molar refractivity (Wildman–Crippen MR) is 81.0 cm³/mol. The monoisotopic (exact) mass is 382 g/mol. The Hall–Kier alpha value is -1.81. The zero-order valence-electron chi connectivity index (χ0n) is 13.3. The molecule has 0 aromatic heterocycles. The minimum Gasteiger partial charge on any atom is -0.465 e. The number of carbonyl (C=O) groups excluding carboxylic acids is 1. The van der Waals surface area contributed by atoms with Gasteiger partial charge in [0.2, 0.25) is 0 Å². The first kappa shape index (κ1) is 19.5. The lowest BCUT2D eigenvalue weighted by Crippen LogP contribution is -2.28. The third kappa shape index (κ3) is 4.63. The molecule has 0 N–H and O–H groups in total. The van der Waals surface area contributed by atoms with Crippen LogP contribution < -0.4 is 8.92 Å². The van der Waals surface area contributed by atoms with Crippen molar-refractivity contribution >= 4 is 16.4 Å². The summed E-state index contributed by atoms with van der Waals surface area (Å²) in [6.45, 7) is 2.15. The molecule has 0 spiro atoms. The number of hydrogen-bond acceptors (Lipinski definition) is 6. The van der Waals surface area contributed by atoms with Gasteiger partial charge in [-0.25, -0.2) is 0 Å². The van der Waals surface area contributed by atoms with E-state index in [0.717, 1.165) is 18.9 Å². The Bertz CT molecular complexity index is 724. The Balaban J connectivity index is 2.39. The van der Waals surface area contributed by atoms with Crippen LogP contribution in [0.1, 0.15) is 42.1 Å². The number of carbonyl (C=O) groups is 1. The Morgan fingerprint density at radius 2 is 2.04 bits per heavy atom. The molecule has 1 fully saturated rings. The van der Waals surface area contributed by atoms with E-state index in [1.54, 1.807) is 6.92 Å². The van der Waals surface area contributed by atoms with Crippen LogP contribution in [0.5, 0.6) is 11.5 Å². The smallest absolute Gasteiger partial charge is 0.465 e. The van der Waals surface area contributed by atoms with Crippen LogP contribution in [0.25, 0.3) is 0 Å². The van der Waals surface area contributed by atoms with Crippen molar-refractivity contribution < 1.29 is 40.0 Å². The molecule has 6 nitrogen and oxygen atoms in total. The molecular weight excluding hydrogens is 365 g/mol. The van der Waals surface area contributed by atoms with Crippen molar-refractivity contribution in [2.45, 2.75) is 44.4 Å². The highest BCUT2D eigenvalue weighted by molar-refractivity contribution is 7.88. The topological polar surface area (TPSA) is 78.9 Å². The standard InChI is InChI=1S/C15H17F3O6S/c1-2-10-7-11(23-14-5-3-4-6-22-14)8-13(12(10)9-19)24-25(20,21)15(16,17)18/h7-9,14H,2-6H2,1H3. The third-order valence-electron chi connectivity index (χ3n) is 3.59. The van der Waals surface area contributed by atoms with Gasteiger partial charge in [-0.2, -0.15) is 21.6 Å². The van der Waals surface area contributed by atoms with Gasteiger partial charge in [0.25, 0.3) is 0 Å². The van der Waals surface area contributed by atoms with Gasteiger partial charge in [-0.1, -0.05) is 6.92 Å². The van der Waals surface area contributed by atoms with Gasteiger partial charge in [0.1, 0.15) is 5.75 Å². The maximum Gasteiger partial charge on any atom is 0.534 e. The van der Waals surface area contributed by atoms with Crippen LogP contribution in [0.15, 0.2) is 12.1 Å². The first-order chi connectivity index (χ1) is 11.7. The quantitative estimate of drug-likeness (QED) is 0.427. The van der Waals surface area contributed by atoms with Crippen LogP contribution >= 0.6 is 0 Å².